The number of alkyl halides is 3. The van der Waals surface area contributed by atoms with Gasteiger partial charge in [0.15, 0.2) is 0 Å². The van der Waals surface area contributed by atoms with Crippen LogP contribution in [0.4, 0.5) is 13.2 Å². The molecule has 2 radical (unpaired) electrons. The Morgan fingerprint density at radius 2 is 1.05 bits per heavy atom. The smallest absolute Gasteiger partial charge is 0.693 e. The van der Waals surface area contributed by atoms with Crippen molar-refractivity contribution in [1.82, 2.24) is 9.80 Å². The van der Waals surface area contributed by atoms with Crippen LogP contribution in [0, 0.1) is 0 Å². The molecule has 0 unspecified atom stereocenters. The fourth-order valence-corrected chi connectivity index (χ4v) is 1.52. The van der Waals surface area contributed by atoms with Crippen molar-refractivity contribution in [3.8, 4) is 0 Å². The van der Waals surface area contributed by atoms with E-state index in [0.29, 0.717) is 0 Å². The zero-order valence-corrected chi connectivity index (χ0v) is 14.6. The molecule has 0 saturated carbocycles. The first-order valence-electron chi connectivity index (χ1n) is 4.64. The SMILES string of the molecule is C1CN2CCN1CC2.O.O=C(O)C(F)(F)F.[Ag+].[Ag].[Ag].[NH2-]. The molecule has 3 heterocycles. The van der Waals surface area contributed by atoms with Gasteiger partial charge in [-0.2, -0.15) is 13.2 Å². The standard InChI is InChI=1S/C6H12N2.C2HF3O2.3Ag.H2N.H2O/c1-2-8-5-3-7(1)4-6-8;3-2(4,5)1(6)7;;;;;/h1-6H2;(H,6,7);;;;2*1H2/q;;;;+1;-1;. The van der Waals surface area contributed by atoms with E-state index in [0.717, 1.165) is 0 Å². The molecular weight excluding hydrogens is 567 g/mol. The second kappa shape index (κ2) is 15.2. The minimum atomic E-state index is -5.08. The minimum Gasteiger partial charge on any atom is -0.693 e. The van der Waals surface area contributed by atoms with Crippen LogP contribution in [0.15, 0.2) is 0 Å². The van der Waals surface area contributed by atoms with Crippen molar-refractivity contribution in [1.29, 1.82) is 0 Å². The van der Waals surface area contributed by atoms with Gasteiger partial charge in [-0.05, 0) is 0 Å². The first-order chi connectivity index (χ1) is 6.89. The Morgan fingerprint density at radius 3 is 1.10 bits per heavy atom. The van der Waals surface area contributed by atoms with Crippen LogP contribution in [0.3, 0.4) is 0 Å². The Hall–Kier alpha value is 1.32. The summed E-state index contributed by atoms with van der Waals surface area (Å²) in [6, 6.07) is 0. The Labute approximate surface area is 162 Å². The van der Waals surface area contributed by atoms with E-state index in [1.807, 2.05) is 0 Å². The Morgan fingerprint density at radius 1 is 0.900 bits per heavy atom. The molecule has 0 amide bonds. The van der Waals surface area contributed by atoms with Gasteiger partial charge in [0, 0.05) is 84.0 Å². The monoisotopic (exact) mass is 581 g/mol. The van der Waals surface area contributed by atoms with Gasteiger partial charge in [-0.1, -0.05) is 0 Å². The van der Waals surface area contributed by atoms with Gasteiger partial charge in [0.05, 0.1) is 0 Å². The number of hydrogen-bond donors (Lipinski definition) is 1. The molecule has 3 saturated heterocycles. The van der Waals surface area contributed by atoms with E-state index in [9.17, 15) is 13.2 Å². The predicted octanol–water partition coefficient (Wildman–Crippen LogP) is 0.136. The van der Waals surface area contributed by atoms with Gasteiger partial charge in [-0.3, -0.25) is 9.80 Å². The summed E-state index contributed by atoms with van der Waals surface area (Å²) in [5.41, 5.74) is 0. The maximum atomic E-state index is 10.6. The topological polar surface area (TPSA) is 109 Å². The number of carboxylic acids is 1. The number of hydrogen-bond acceptors (Lipinski definition) is 3. The molecule has 3 fully saturated rings. The maximum Gasteiger partial charge on any atom is 1.00 e. The van der Waals surface area contributed by atoms with Gasteiger partial charge < -0.3 is 16.7 Å². The molecule has 2 bridgehead atoms. The summed E-state index contributed by atoms with van der Waals surface area (Å²) in [4.78, 5) is 14.0. The van der Waals surface area contributed by atoms with Crippen molar-refractivity contribution < 1.29 is 95.7 Å². The van der Waals surface area contributed by atoms with Crippen molar-refractivity contribution in [3.05, 3.63) is 6.15 Å². The summed E-state index contributed by atoms with van der Waals surface area (Å²) in [5, 5.41) is 7.12. The molecule has 3 aliphatic rings. The maximum absolute atomic E-state index is 10.6. The minimum absolute atomic E-state index is 0. The summed E-state index contributed by atoms with van der Waals surface area (Å²) in [6.45, 7) is 7.92. The number of nitrogens with two attached hydrogens (primary N) is 1. The van der Waals surface area contributed by atoms with Crippen molar-refractivity contribution in [3.63, 3.8) is 0 Å². The summed E-state index contributed by atoms with van der Waals surface area (Å²) >= 11 is 0. The van der Waals surface area contributed by atoms with E-state index in [1.165, 1.54) is 39.3 Å². The zero-order valence-electron chi connectivity index (χ0n) is 10.1. The molecule has 0 spiro atoms. The molecule has 5 N–H and O–H groups in total. The number of piperazine rings is 3. The van der Waals surface area contributed by atoms with Crippen molar-refractivity contribution in [2.24, 2.45) is 0 Å². The third-order valence-corrected chi connectivity index (χ3v) is 2.44. The molecule has 136 valence electrons. The van der Waals surface area contributed by atoms with Crippen molar-refractivity contribution >= 4 is 5.97 Å². The molecule has 3 rings (SSSR count). The Balaban J connectivity index is -0.0000000606. The molecule has 3 aliphatic heterocycles. The number of rotatable bonds is 0. The normalized spacial score (nSPS) is 21.9. The van der Waals surface area contributed by atoms with Crippen molar-refractivity contribution in [2.75, 3.05) is 39.3 Å². The van der Waals surface area contributed by atoms with E-state index in [-0.39, 0.29) is 78.8 Å². The molecule has 20 heavy (non-hydrogen) atoms. The molecule has 0 aromatic heterocycles. The van der Waals surface area contributed by atoms with Gasteiger partial charge in [0.1, 0.15) is 0 Å². The fraction of sp³-hybridized carbons (Fsp3) is 0.875. The van der Waals surface area contributed by atoms with Gasteiger partial charge in [0.25, 0.3) is 0 Å². The van der Waals surface area contributed by atoms with Crippen LogP contribution in [0.2, 0.25) is 0 Å². The summed E-state index contributed by atoms with van der Waals surface area (Å²) in [5.74, 6) is -2.76. The van der Waals surface area contributed by atoms with Gasteiger partial charge >= 0.3 is 34.5 Å². The van der Waals surface area contributed by atoms with Crippen LogP contribution in [-0.2, 0) is 71.9 Å². The Bertz CT molecular complexity index is 219. The largest absolute Gasteiger partial charge is 1.00 e. The average Bonchev–Trinajstić information content (AvgIpc) is 2.20. The van der Waals surface area contributed by atoms with Crippen LogP contribution >= 0.6 is 0 Å². The molecular formula is C8H17Ag3F3N3O3. The molecule has 0 aromatic carbocycles. The second-order valence-electron chi connectivity index (χ2n) is 3.49. The van der Waals surface area contributed by atoms with Crippen LogP contribution in [0.5, 0.6) is 0 Å². The number of carbonyl (C=O) groups is 1. The molecule has 12 heteroatoms. The first kappa shape index (κ1) is 33.1. The van der Waals surface area contributed by atoms with Gasteiger partial charge in [-0.25, -0.2) is 4.79 Å². The van der Waals surface area contributed by atoms with Crippen molar-refractivity contribution in [2.45, 2.75) is 6.18 Å². The average molecular weight is 584 g/mol. The first-order valence-corrected chi connectivity index (χ1v) is 4.64. The molecule has 6 nitrogen and oxygen atoms in total. The van der Waals surface area contributed by atoms with E-state index in [1.54, 1.807) is 0 Å². The van der Waals surface area contributed by atoms with E-state index >= 15 is 0 Å². The summed E-state index contributed by atoms with van der Waals surface area (Å²) in [7, 11) is 0. The van der Waals surface area contributed by atoms with Crippen LogP contribution < -0.4 is 0 Å². The fourth-order valence-electron chi connectivity index (χ4n) is 1.52. The van der Waals surface area contributed by atoms with Gasteiger partial charge in [-0.15, -0.1) is 0 Å². The quantitative estimate of drug-likeness (QED) is 0.409. The Kier molecular flexibility index (Phi) is 25.2. The molecule has 0 aromatic rings. The zero-order chi connectivity index (χ0) is 11.5. The van der Waals surface area contributed by atoms with Crippen LogP contribution in [0.1, 0.15) is 0 Å². The summed E-state index contributed by atoms with van der Waals surface area (Å²) in [6.07, 6.45) is -5.08. The third kappa shape index (κ3) is 13.0. The van der Waals surface area contributed by atoms with E-state index < -0.39 is 12.1 Å². The van der Waals surface area contributed by atoms with E-state index in [4.69, 9.17) is 9.90 Å². The number of carboxylic acid groups (broad SMARTS) is 1. The third-order valence-electron chi connectivity index (χ3n) is 2.44. The summed E-state index contributed by atoms with van der Waals surface area (Å²) < 4.78 is 31.7. The second-order valence-corrected chi connectivity index (χ2v) is 3.49. The number of nitrogens with zero attached hydrogens (tertiary/aromatic N) is 2. The number of halogens is 3. The van der Waals surface area contributed by atoms with Gasteiger partial charge in [0.2, 0.25) is 0 Å². The van der Waals surface area contributed by atoms with Crippen LogP contribution in [-0.4, -0.2) is 71.8 Å². The van der Waals surface area contributed by atoms with E-state index in [2.05, 4.69) is 9.80 Å². The number of aliphatic carboxylic acids is 1. The molecule has 0 atom stereocenters. The number of fused-ring (bicyclic) bond motifs is 3. The molecule has 0 aliphatic carbocycles. The van der Waals surface area contributed by atoms with Crippen LogP contribution in [0.25, 0.3) is 6.15 Å². The predicted molar refractivity (Wildman–Crippen MR) is 55.5 cm³/mol.